The van der Waals surface area contributed by atoms with E-state index in [0.717, 1.165) is 29.7 Å². The Kier molecular flexibility index (Phi) is 4.50. The van der Waals surface area contributed by atoms with Gasteiger partial charge in [-0.15, -0.1) is 0 Å². The lowest BCUT2D eigenvalue weighted by molar-refractivity contribution is 0.112. The third kappa shape index (κ3) is 3.35. The Hall–Kier alpha value is -1.35. The second-order valence-corrected chi connectivity index (χ2v) is 4.25. The molecule has 0 aliphatic carbocycles. The first kappa shape index (κ1) is 12.7. The number of carbonyl (C=O) groups excluding carboxylic acids is 1. The molecule has 0 heterocycles. The molecule has 0 unspecified atom stereocenters. The van der Waals surface area contributed by atoms with Crippen LogP contribution < -0.4 is 4.74 Å². The number of likely N-dealkylation sites (N-methyl/N-ethyl adjacent to an activating group) is 1. The van der Waals surface area contributed by atoms with E-state index in [0.29, 0.717) is 12.2 Å². The van der Waals surface area contributed by atoms with E-state index in [1.54, 1.807) is 0 Å². The molecule has 0 bridgehead atoms. The van der Waals surface area contributed by atoms with Crippen LogP contribution in [-0.4, -0.2) is 38.4 Å². The van der Waals surface area contributed by atoms with Crippen LogP contribution in [0.3, 0.4) is 0 Å². The summed E-state index contributed by atoms with van der Waals surface area (Å²) in [5.41, 5.74) is 2.73. The van der Waals surface area contributed by atoms with E-state index >= 15 is 0 Å². The molecular weight excluding hydrogens is 202 g/mol. The number of nitrogens with zero attached hydrogens (tertiary/aromatic N) is 1. The fraction of sp³-hybridized carbons (Fsp3) is 0.462. The highest BCUT2D eigenvalue weighted by molar-refractivity contribution is 5.76. The fourth-order valence-corrected chi connectivity index (χ4v) is 1.61. The van der Waals surface area contributed by atoms with E-state index in [4.69, 9.17) is 4.74 Å². The van der Waals surface area contributed by atoms with Gasteiger partial charge in [-0.3, -0.25) is 4.79 Å². The first-order valence-corrected chi connectivity index (χ1v) is 5.38. The van der Waals surface area contributed by atoms with Crippen molar-refractivity contribution < 1.29 is 9.53 Å². The van der Waals surface area contributed by atoms with E-state index < -0.39 is 0 Å². The first-order chi connectivity index (χ1) is 7.54. The summed E-state index contributed by atoms with van der Waals surface area (Å²) in [6.07, 6.45) is 0.865. The van der Waals surface area contributed by atoms with Gasteiger partial charge in [-0.1, -0.05) is 0 Å². The molecule has 0 radical (unpaired) electrons. The van der Waals surface area contributed by atoms with E-state index in [2.05, 4.69) is 4.90 Å². The fourth-order valence-electron chi connectivity index (χ4n) is 1.61. The van der Waals surface area contributed by atoms with Gasteiger partial charge in [0.15, 0.2) is 0 Å². The number of aldehydes is 1. The molecule has 0 atom stereocenters. The van der Waals surface area contributed by atoms with Gasteiger partial charge in [0.25, 0.3) is 0 Å². The molecule has 3 heteroatoms. The van der Waals surface area contributed by atoms with Crippen LogP contribution >= 0.6 is 0 Å². The summed E-state index contributed by atoms with van der Waals surface area (Å²) in [5.74, 6) is 0.896. The Labute approximate surface area is 97.0 Å². The molecule has 0 aliphatic heterocycles. The van der Waals surface area contributed by atoms with Crippen molar-refractivity contribution in [2.45, 2.75) is 13.8 Å². The van der Waals surface area contributed by atoms with Gasteiger partial charge in [-0.2, -0.15) is 0 Å². The molecule has 0 fully saturated rings. The van der Waals surface area contributed by atoms with Gasteiger partial charge in [0.2, 0.25) is 0 Å². The summed E-state index contributed by atoms with van der Waals surface area (Å²) in [6.45, 7) is 5.47. The lowest BCUT2D eigenvalue weighted by Gasteiger charge is -2.15. The number of aryl methyl sites for hydroxylation is 2. The molecule has 0 aromatic heterocycles. The third-order valence-corrected chi connectivity index (χ3v) is 2.40. The highest BCUT2D eigenvalue weighted by atomic mass is 16.5. The van der Waals surface area contributed by atoms with Crippen LogP contribution in [0.15, 0.2) is 12.1 Å². The van der Waals surface area contributed by atoms with Gasteiger partial charge in [0, 0.05) is 12.1 Å². The molecule has 1 aromatic carbocycles. The van der Waals surface area contributed by atoms with Crippen LogP contribution in [0, 0.1) is 13.8 Å². The minimum atomic E-state index is 0.662. The van der Waals surface area contributed by atoms with E-state index in [1.165, 1.54) is 0 Å². The maximum absolute atomic E-state index is 10.7. The van der Waals surface area contributed by atoms with Crippen molar-refractivity contribution in [1.29, 1.82) is 0 Å². The van der Waals surface area contributed by atoms with Crippen molar-refractivity contribution >= 4 is 6.29 Å². The summed E-state index contributed by atoms with van der Waals surface area (Å²) in [4.78, 5) is 12.8. The standard InChI is InChI=1S/C13H19NO2/c1-10-7-12(9-15)8-11(2)13(10)16-6-5-14(3)4/h7-9H,5-6H2,1-4H3. The Balaban J connectivity index is 2.76. The quantitative estimate of drug-likeness (QED) is 0.713. The predicted octanol–water partition coefficient (Wildman–Crippen LogP) is 2.06. The lowest BCUT2D eigenvalue weighted by Crippen LogP contribution is -2.19. The normalized spacial score (nSPS) is 10.6. The topological polar surface area (TPSA) is 29.5 Å². The number of hydrogen-bond acceptors (Lipinski definition) is 3. The summed E-state index contributed by atoms with van der Waals surface area (Å²) < 4.78 is 5.72. The maximum atomic E-state index is 10.7. The van der Waals surface area contributed by atoms with Crippen molar-refractivity contribution in [2.75, 3.05) is 27.2 Å². The predicted molar refractivity (Wildman–Crippen MR) is 65.4 cm³/mol. The maximum Gasteiger partial charge on any atom is 0.150 e. The Morgan fingerprint density at radius 1 is 1.25 bits per heavy atom. The second kappa shape index (κ2) is 5.66. The molecule has 0 saturated heterocycles. The van der Waals surface area contributed by atoms with Crippen molar-refractivity contribution in [1.82, 2.24) is 4.90 Å². The zero-order valence-corrected chi connectivity index (χ0v) is 10.4. The number of carbonyl (C=O) groups is 1. The molecule has 3 nitrogen and oxygen atoms in total. The SMILES string of the molecule is Cc1cc(C=O)cc(C)c1OCCN(C)C. The van der Waals surface area contributed by atoms with E-state index in [1.807, 2.05) is 40.1 Å². The molecule has 1 rings (SSSR count). The molecule has 0 aliphatic rings. The Morgan fingerprint density at radius 2 is 1.81 bits per heavy atom. The summed E-state index contributed by atoms with van der Waals surface area (Å²) >= 11 is 0. The van der Waals surface area contributed by atoms with Crippen LogP contribution in [-0.2, 0) is 0 Å². The monoisotopic (exact) mass is 221 g/mol. The van der Waals surface area contributed by atoms with E-state index in [9.17, 15) is 4.79 Å². The Morgan fingerprint density at radius 3 is 2.25 bits per heavy atom. The summed E-state index contributed by atoms with van der Waals surface area (Å²) in [6, 6.07) is 3.70. The van der Waals surface area contributed by atoms with Gasteiger partial charge in [0.1, 0.15) is 18.6 Å². The number of hydrogen-bond donors (Lipinski definition) is 0. The van der Waals surface area contributed by atoms with Crippen LogP contribution in [0.2, 0.25) is 0 Å². The average molecular weight is 221 g/mol. The van der Waals surface area contributed by atoms with Crippen molar-refractivity contribution in [3.05, 3.63) is 28.8 Å². The largest absolute Gasteiger partial charge is 0.492 e. The minimum Gasteiger partial charge on any atom is -0.492 e. The molecule has 0 spiro atoms. The molecule has 0 saturated carbocycles. The molecule has 0 N–H and O–H groups in total. The van der Waals surface area contributed by atoms with Gasteiger partial charge in [0.05, 0.1) is 0 Å². The summed E-state index contributed by atoms with van der Waals surface area (Å²) in [7, 11) is 4.02. The van der Waals surface area contributed by atoms with Crippen molar-refractivity contribution in [3.63, 3.8) is 0 Å². The number of rotatable bonds is 5. The lowest BCUT2D eigenvalue weighted by atomic mass is 10.1. The third-order valence-electron chi connectivity index (χ3n) is 2.40. The highest BCUT2D eigenvalue weighted by Crippen LogP contribution is 2.24. The van der Waals surface area contributed by atoms with Crippen molar-refractivity contribution in [3.8, 4) is 5.75 Å². The number of benzene rings is 1. The highest BCUT2D eigenvalue weighted by Gasteiger charge is 2.06. The zero-order valence-electron chi connectivity index (χ0n) is 10.4. The van der Waals surface area contributed by atoms with E-state index in [-0.39, 0.29) is 0 Å². The smallest absolute Gasteiger partial charge is 0.150 e. The molecule has 1 aromatic rings. The van der Waals surface area contributed by atoms with Gasteiger partial charge >= 0.3 is 0 Å². The Bertz CT molecular complexity index is 349. The van der Waals surface area contributed by atoms with Crippen molar-refractivity contribution in [2.24, 2.45) is 0 Å². The number of ether oxygens (including phenoxy) is 1. The zero-order chi connectivity index (χ0) is 12.1. The van der Waals surface area contributed by atoms with Crippen LogP contribution in [0.25, 0.3) is 0 Å². The molecule has 0 amide bonds. The van der Waals surface area contributed by atoms with Crippen LogP contribution in [0.1, 0.15) is 21.5 Å². The summed E-state index contributed by atoms with van der Waals surface area (Å²) in [5, 5.41) is 0. The van der Waals surface area contributed by atoms with Gasteiger partial charge in [-0.25, -0.2) is 0 Å². The molecule has 88 valence electrons. The van der Waals surface area contributed by atoms with Crippen LogP contribution in [0.4, 0.5) is 0 Å². The average Bonchev–Trinajstić information content (AvgIpc) is 2.21. The molecular formula is C13H19NO2. The van der Waals surface area contributed by atoms with Gasteiger partial charge < -0.3 is 9.64 Å². The molecule has 16 heavy (non-hydrogen) atoms. The minimum absolute atomic E-state index is 0.662. The van der Waals surface area contributed by atoms with Gasteiger partial charge in [-0.05, 0) is 51.2 Å². The second-order valence-electron chi connectivity index (χ2n) is 4.25. The first-order valence-electron chi connectivity index (χ1n) is 5.38. The van der Waals surface area contributed by atoms with Crippen LogP contribution in [0.5, 0.6) is 5.75 Å².